The first-order chi connectivity index (χ1) is 9.11. The van der Waals surface area contributed by atoms with Gasteiger partial charge < -0.3 is 15.2 Å². The second kappa shape index (κ2) is 5.83. The highest BCUT2D eigenvalue weighted by Crippen LogP contribution is 2.16. The summed E-state index contributed by atoms with van der Waals surface area (Å²) in [6.07, 6.45) is 3.56. The topological polar surface area (TPSA) is 89.2 Å². The SMILES string of the molecule is CCn1cc([N+](=O)[O-])cc1C(=O)NCC1CCCN1. The third kappa shape index (κ3) is 3.11. The van der Waals surface area contributed by atoms with Crippen LogP contribution in [0.3, 0.4) is 0 Å². The average molecular weight is 266 g/mol. The van der Waals surface area contributed by atoms with Crippen molar-refractivity contribution < 1.29 is 9.72 Å². The number of amides is 1. The molecule has 19 heavy (non-hydrogen) atoms. The van der Waals surface area contributed by atoms with Crippen LogP contribution in [0.2, 0.25) is 0 Å². The Morgan fingerprint density at radius 1 is 1.68 bits per heavy atom. The van der Waals surface area contributed by atoms with Crippen molar-refractivity contribution in [2.24, 2.45) is 0 Å². The molecule has 104 valence electrons. The molecule has 0 spiro atoms. The van der Waals surface area contributed by atoms with E-state index in [2.05, 4.69) is 10.6 Å². The summed E-state index contributed by atoms with van der Waals surface area (Å²) in [4.78, 5) is 22.3. The van der Waals surface area contributed by atoms with Crippen LogP contribution < -0.4 is 10.6 Å². The third-order valence-electron chi connectivity index (χ3n) is 3.34. The van der Waals surface area contributed by atoms with Crippen molar-refractivity contribution in [3.8, 4) is 0 Å². The Morgan fingerprint density at radius 3 is 3.05 bits per heavy atom. The van der Waals surface area contributed by atoms with Crippen LogP contribution in [0.25, 0.3) is 0 Å². The van der Waals surface area contributed by atoms with Crippen molar-refractivity contribution in [3.63, 3.8) is 0 Å². The van der Waals surface area contributed by atoms with Gasteiger partial charge in [0.25, 0.3) is 11.6 Å². The van der Waals surface area contributed by atoms with E-state index in [0.29, 0.717) is 24.8 Å². The number of aryl methyl sites for hydroxylation is 1. The molecular weight excluding hydrogens is 248 g/mol. The maximum absolute atomic E-state index is 12.0. The van der Waals surface area contributed by atoms with E-state index in [4.69, 9.17) is 0 Å². The van der Waals surface area contributed by atoms with Crippen LogP contribution in [0.5, 0.6) is 0 Å². The van der Waals surface area contributed by atoms with Gasteiger partial charge in [-0.3, -0.25) is 14.9 Å². The van der Waals surface area contributed by atoms with Crippen LogP contribution in [0.4, 0.5) is 5.69 Å². The van der Waals surface area contributed by atoms with Crippen LogP contribution in [0.1, 0.15) is 30.3 Å². The molecule has 1 aliphatic rings. The molecule has 1 unspecified atom stereocenters. The van der Waals surface area contributed by atoms with Gasteiger partial charge in [-0.1, -0.05) is 0 Å². The molecule has 2 N–H and O–H groups in total. The smallest absolute Gasteiger partial charge is 0.287 e. The molecule has 2 rings (SSSR count). The molecule has 1 atom stereocenters. The van der Waals surface area contributed by atoms with E-state index in [0.717, 1.165) is 19.4 Å². The maximum atomic E-state index is 12.0. The van der Waals surface area contributed by atoms with Crippen LogP contribution >= 0.6 is 0 Å². The zero-order valence-corrected chi connectivity index (χ0v) is 10.9. The Kier molecular flexibility index (Phi) is 4.16. The molecule has 1 saturated heterocycles. The Morgan fingerprint density at radius 2 is 2.47 bits per heavy atom. The molecule has 1 amide bonds. The highest BCUT2D eigenvalue weighted by Gasteiger charge is 2.20. The first-order valence-corrected chi connectivity index (χ1v) is 6.48. The monoisotopic (exact) mass is 266 g/mol. The number of hydrogen-bond donors (Lipinski definition) is 2. The molecule has 2 heterocycles. The number of carbonyl (C=O) groups is 1. The van der Waals surface area contributed by atoms with Crippen molar-refractivity contribution in [2.45, 2.75) is 32.4 Å². The predicted octanol–water partition coefficient (Wildman–Crippen LogP) is 0.898. The second-order valence-electron chi connectivity index (χ2n) is 4.63. The summed E-state index contributed by atoms with van der Waals surface area (Å²) in [5.74, 6) is -0.261. The van der Waals surface area contributed by atoms with E-state index in [-0.39, 0.29) is 11.6 Å². The molecule has 1 aromatic rings. The van der Waals surface area contributed by atoms with Gasteiger partial charge in [0.2, 0.25) is 0 Å². The zero-order chi connectivity index (χ0) is 13.8. The van der Waals surface area contributed by atoms with Gasteiger partial charge in [0.05, 0.1) is 11.1 Å². The van der Waals surface area contributed by atoms with E-state index >= 15 is 0 Å². The van der Waals surface area contributed by atoms with Gasteiger partial charge in [-0.2, -0.15) is 0 Å². The summed E-state index contributed by atoms with van der Waals surface area (Å²) >= 11 is 0. The van der Waals surface area contributed by atoms with Gasteiger partial charge in [-0.05, 0) is 26.3 Å². The normalized spacial score (nSPS) is 18.5. The summed E-state index contributed by atoms with van der Waals surface area (Å²) in [5.41, 5.74) is 0.290. The standard InChI is InChI=1S/C12H18N4O3/c1-2-15-8-10(16(18)19)6-11(15)12(17)14-7-9-4-3-5-13-9/h6,8-9,13H,2-5,7H2,1H3,(H,14,17). The lowest BCUT2D eigenvalue weighted by Gasteiger charge is -2.12. The molecule has 1 aromatic heterocycles. The lowest BCUT2D eigenvalue weighted by atomic mass is 10.2. The van der Waals surface area contributed by atoms with E-state index < -0.39 is 4.92 Å². The fraction of sp³-hybridized carbons (Fsp3) is 0.583. The summed E-state index contributed by atoms with van der Waals surface area (Å²) in [7, 11) is 0. The molecule has 0 bridgehead atoms. The molecule has 1 fully saturated rings. The van der Waals surface area contributed by atoms with Crippen LogP contribution in [-0.4, -0.2) is 34.5 Å². The molecule has 7 nitrogen and oxygen atoms in total. The number of nitrogens with zero attached hydrogens (tertiary/aromatic N) is 2. The number of nitro groups is 1. The van der Waals surface area contributed by atoms with Crippen LogP contribution in [-0.2, 0) is 6.54 Å². The second-order valence-corrected chi connectivity index (χ2v) is 4.63. The van der Waals surface area contributed by atoms with Crippen molar-refractivity contribution in [3.05, 3.63) is 28.1 Å². The first kappa shape index (κ1) is 13.5. The van der Waals surface area contributed by atoms with Crippen LogP contribution in [0.15, 0.2) is 12.3 Å². The van der Waals surface area contributed by atoms with Gasteiger partial charge in [0.1, 0.15) is 5.69 Å². The molecule has 0 aromatic carbocycles. The van der Waals surface area contributed by atoms with E-state index in [1.807, 2.05) is 6.92 Å². The van der Waals surface area contributed by atoms with E-state index in [9.17, 15) is 14.9 Å². The minimum atomic E-state index is -0.485. The Hall–Kier alpha value is -1.89. The number of carbonyl (C=O) groups excluding carboxylic acids is 1. The van der Waals surface area contributed by atoms with Gasteiger partial charge in [-0.25, -0.2) is 0 Å². The number of hydrogen-bond acceptors (Lipinski definition) is 4. The number of nitrogens with one attached hydrogen (secondary N) is 2. The molecule has 7 heteroatoms. The van der Waals surface area contributed by atoms with Gasteiger partial charge in [0, 0.05) is 25.2 Å². The molecule has 0 aliphatic carbocycles. The summed E-state index contributed by atoms with van der Waals surface area (Å²) in [6.45, 7) is 3.91. The fourth-order valence-corrected chi connectivity index (χ4v) is 2.28. The maximum Gasteiger partial charge on any atom is 0.287 e. The highest BCUT2D eigenvalue weighted by molar-refractivity contribution is 5.93. The van der Waals surface area contributed by atoms with Gasteiger partial charge in [0.15, 0.2) is 0 Å². The van der Waals surface area contributed by atoms with E-state index in [1.165, 1.54) is 12.3 Å². The first-order valence-electron chi connectivity index (χ1n) is 6.48. The minimum absolute atomic E-state index is 0.0500. The van der Waals surface area contributed by atoms with E-state index in [1.54, 1.807) is 4.57 Å². The van der Waals surface area contributed by atoms with Crippen molar-refractivity contribution in [2.75, 3.05) is 13.1 Å². The Balaban J connectivity index is 2.02. The Bertz CT molecular complexity index is 477. The fourth-order valence-electron chi connectivity index (χ4n) is 2.28. The van der Waals surface area contributed by atoms with Gasteiger partial charge in [-0.15, -0.1) is 0 Å². The lowest BCUT2D eigenvalue weighted by Crippen LogP contribution is -2.37. The Labute approximate surface area is 111 Å². The molecular formula is C12H18N4O3. The summed E-state index contributed by atoms with van der Waals surface area (Å²) in [5, 5.41) is 16.8. The number of rotatable bonds is 5. The average Bonchev–Trinajstić information content (AvgIpc) is 3.04. The quantitative estimate of drug-likeness (QED) is 0.612. The highest BCUT2D eigenvalue weighted by atomic mass is 16.6. The lowest BCUT2D eigenvalue weighted by molar-refractivity contribution is -0.384. The summed E-state index contributed by atoms with van der Waals surface area (Å²) in [6, 6.07) is 1.63. The molecule has 0 saturated carbocycles. The largest absolute Gasteiger partial charge is 0.349 e. The minimum Gasteiger partial charge on any atom is -0.349 e. The predicted molar refractivity (Wildman–Crippen MR) is 70.1 cm³/mol. The van der Waals surface area contributed by atoms with Crippen molar-refractivity contribution in [1.82, 2.24) is 15.2 Å². The summed E-state index contributed by atoms with van der Waals surface area (Å²) < 4.78 is 1.59. The van der Waals surface area contributed by atoms with Crippen molar-refractivity contribution in [1.29, 1.82) is 0 Å². The third-order valence-corrected chi connectivity index (χ3v) is 3.34. The van der Waals surface area contributed by atoms with Crippen molar-refractivity contribution >= 4 is 11.6 Å². The zero-order valence-electron chi connectivity index (χ0n) is 10.9. The molecule has 1 aliphatic heterocycles. The van der Waals surface area contributed by atoms with Gasteiger partial charge >= 0.3 is 0 Å². The van der Waals surface area contributed by atoms with Crippen LogP contribution in [0, 0.1) is 10.1 Å². The number of aromatic nitrogens is 1. The molecule has 0 radical (unpaired) electrons.